The topological polar surface area (TPSA) is 128 Å². The average Bonchev–Trinajstić information content (AvgIpc) is 2.83. The summed E-state index contributed by atoms with van der Waals surface area (Å²) < 4.78 is 4.80. The van der Waals surface area contributed by atoms with Crippen molar-refractivity contribution in [2.75, 3.05) is 13.2 Å². The number of fused-ring (bicyclic) bond motifs is 1. The van der Waals surface area contributed by atoms with Gasteiger partial charge >= 0.3 is 5.97 Å². The molecule has 1 unspecified atom stereocenters. The van der Waals surface area contributed by atoms with E-state index in [-0.39, 0.29) is 42.3 Å². The first-order chi connectivity index (χ1) is 11.9. The summed E-state index contributed by atoms with van der Waals surface area (Å²) >= 11 is 0. The standard InChI is InChI=1S/C17H21N3O5/c1-10(19)13(8-18)14(21)9-25-15(22)6-7-20-16(23)11-4-2-3-5-12(11)17(20)24/h11-13,19H,2-7,9H2,1H3/t11-,12-,13?/m1/s1. The van der Waals surface area contributed by atoms with E-state index in [0.29, 0.717) is 12.8 Å². The van der Waals surface area contributed by atoms with Crippen LogP contribution in [0, 0.1) is 34.5 Å². The van der Waals surface area contributed by atoms with Crippen LogP contribution in [-0.2, 0) is 23.9 Å². The minimum absolute atomic E-state index is 0.0526. The monoisotopic (exact) mass is 347 g/mol. The van der Waals surface area contributed by atoms with E-state index in [1.807, 2.05) is 0 Å². The summed E-state index contributed by atoms with van der Waals surface area (Å²) in [5.74, 6) is -3.56. The molecule has 2 rings (SSSR count). The van der Waals surface area contributed by atoms with E-state index in [2.05, 4.69) is 0 Å². The smallest absolute Gasteiger partial charge is 0.308 e. The van der Waals surface area contributed by atoms with Crippen molar-refractivity contribution in [3.05, 3.63) is 0 Å². The number of nitriles is 1. The molecule has 1 saturated heterocycles. The molecule has 0 bridgehead atoms. The zero-order chi connectivity index (χ0) is 18.6. The first kappa shape index (κ1) is 18.8. The molecule has 1 aliphatic heterocycles. The van der Waals surface area contributed by atoms with Crippen LogP contribution in [0.3, 0.4) is 0 Å². The molecular weight excluding hydrogens is 326 g/mol. The number of Topliss-reactive ketones (excluding diaryl/α,β-unsaturated/α-hetero) is 1. The molecule has 134 valence electrons. The number of ether oxygens (including phenoxy) is 1. The van der Waals surface area contributed by atoms with E-state index in [1.54, 1.807) is 6.07 Å². The van der Waals surface area contributed by atoms with Gasteiger partial charge in [-0.1, -0.05) is 12.8 Å². The second-order valence-corrected chi connectivity index (χ2v) is 6.45. The summed E-state index contributed by atoms with van der Waals surface area (Å²) in [4.78, 5) is 49.1. The molecule has 1 heterocycles. The number of imide groups is 1. The molecule has 2 amide bonds. The van der Waals surface area contributed by atoms with E-state index >= 15 is 0 Å². The quantitative estimate of drug-likeness (QED) is 0.413. The lowest BCUT2D eigenvalue weighted by Gasteiger charge is -2.19. The number of amides is 2. The fourth-order valence-corrected chi connectivity index (χ4v) is 3.37. The molecule has 8 nitrogen and oxygen atoms in total. The van der Waals surface area contributed by atoms with Crippen molar-refractivity contribution >= 4 is 29.3 Å². The first-order valence-corrected chi connectivity index (χ1v) is 8.35. The molecule has 1 N–H and O–H groups in total. The number of likely N-dealkylation sites (tertiary alicyclic amines) is 1. The normalized spacial score (nSPS) is 23.6. The van der Waals surface area contributed by atoms with Crippen molar-refractivity contribution in [1.82, 2.24) is 4.90 Å². The lowest BCUT2D eigenvalue weighted by Crippen LogP contribution is -2.34. The number of hydrogen-bond donors (Lipinski definition) is 1. The molecule has 2 fully saturated rings. The van der Waals surface area contributed by atoms with E-state index in [9.17, 15) is 19.2 Å². The Balaban J connectivity index is 1.81. The fourth-order valence-electron chi connectivity index (χ4n) is 3.37. The highest BCUT2D eigenvalue weighted by Gasteiger charge is 2.47. The average molecular weight is 347 g/mol. The fraction of sp³-hybridized carbons (Fsp3) is 0.647. The van der Waals surface area contributed by atoms with E-state index in [4.69, 9.17) is 15.4 Å². The molecule has 1 saturated carbocycles. The molecule has 1 aliphatic carbocycles. The van der Waals surface area contributed by atoms with Gasteiger partial charge in [-0.25, -0.2) is 0 Å². The van der Waals surface area contributed by atoms with Crippen LogP contribution in [0.25, 0.3) is 0 Å². The maximum Gasteiger partial charge on any atom is 0.308 e. The molecule has 2 aliphatic rings. The molecule has 0 aromatic rings. The van der Waals surface area contributed by atoms with Crippen LogP contribution >= 0.6 is 0 Å². The second-order valence-electron chi connectivity index (χ2n) is 6.45. The summed E-state index contributed by atoms with van der Waals surface area (Å²) in [6.07, 6.45) is 3.10. The number of carbonyl (C=O) groups is 4. The van der Waals surface area contributed by atoms with Crippen LogP contribution < -0.4 is 0 Å². The summed E-state index contributed by atoms with van der Waals surface area (Å²) in [5, 5.41) is 16.1. The van der Waals surface area contributed by atoms with Gasteiger partial charge in [-0.2, -0.15) is 5.26 Å². The second kappa shape index (κ2) is 8.01. The number of rotatable bonds is 7. The lowest BCUT2D eigenvalue weighted by molar-refractivity contribution is -0.149. The molecule has 0 radical (unpaired) electrons. The summed E-state index contributed by atoms with van der Waals surface area (Å²) in [7, 11) is 0. The molecule has 3 atom stereocenters. The molecule has 25 heavy (non-hydrogen) atoms. The number of hydrogen-bond acceptors (Lipinski definition) is 7. The maximum absolute atomic E-state index is 12.3. The third-order valence-corrected chi connectivity index (χ3v) is 4.73. The lowest BCUT2D eigenvalue weighted by atomic mass is 9.81. The third-order valence-electron chi connectivity index (χ3n) is 4.73. The molecular formula is C17H21N3O5. The van der Waals surface area contributed by atoms with Gasteiger partial charge in [0.05, 0.1) is 24.3 Å². The Labute approximate surface area is 145 Å². The van der Waals surface area contributed by atoms with Crippen molar-refractivity contribution in [3.8, 4) is 6.07 Å². The van der Waals surface area contributed by atoms with Gasteiger partial charge in [0.1, 0.15) is 5.92 Å². The Morgan fingerprint density at radius 1 is 1.28 bits per heavy atom. The number of ketones is 1. The largest absolute Gasteiger partial charge is 0.458 e. The predicted molar refractivity (Wildman–Crippen MR) is 85.3 cm³/mol. The Hall–Kier alpha value is -2.56. The van der Waals surface area contributed by atoms with Crippen LogP contribution in [0.1, 0.15) is 39.0 Å². The Morgan fingerprint density at radius 3 is 2.32 bits per heavy atom. The van der Waals surface area contributed by atoms with Crippen LogP contribution in [0.15, 0.2) is 0 Å². The van der Waals surface area contributed by atoms with Crippen molar-refractivity contribution in [1.29, 1.82) is 10.7 Å². The Bertz CT molecular complexity index is 627. The van der Waals surface area contributed by atoms with Gasteiger partial charge < -0.3 is 10.1 Å². The maximum atomic E-state index is 12.3. The molecule has 0 spiro atoms. The highest BCUT2D eigenvalue weighted by Crippen LogP contribution is 2.37. The summed E-state index contributed by atoms with van der Waals surface area (Å²) in [6, 6.07) is 1.68. The van der Waals surface area contributed by atoms with Crippen LogP contribution in [0.4, 0.5) is 0 Å². The minimum Gasteiger partial charge on any atom is -0.458 e. The van der Waals surface area contributed by atoms with Crippen LogP contribution in [0.2, 0.25) is 0 Å². The molecule has 0 aromatic heterocycles. The van der Waals surface area contributed by atoms with Crippen LogP contribution in [-0.4, -0.2) is 47.3 Å². The SMILES string of the molecule is CC(=N)C(C#N)C(=O)COC(=O)CCN1C(=O)[C@@H]2CCCC[C@H]2C1=O. The predicted octanol–water partition coefficient (Wildman–Crippen LogP) is 0.843. The Kier molecular flexibility index (Phi) is 6.02. The third kappa shape index (κ3) is 4.10. The molecule has 8 heteroatoms. The first-order valence-electron chi connectivity index (χ1n) is 8.35. The van der Waals surface area contributed by atoms with Gasteiger partial charge in [0, 0.05) is 12.3 Å². The van der Waals surface area contributed by atoms with Gasteiger partial charge in [-0.05, 0) is 19.8 Å². The van der Waals surface area contributed by atoms with Crippen molar-refractivity contribution in [2.24, 2.45) is 17.8 Å². The van der Waals surface area contributed by atoms with Gasteiger partial charge in [-0.15, -0.1) is 0 Å². The minimum atomic E-state index is -1.22. The number of esters is 1. The van der Waals surface area contributed by atoms with Gasteiger partial charge in [0.2, 0.25) is 11.8 Å². The zero-order valence-corrected chi connectivity index (χ0v) is 14.1. The van der Waals surface area contributed by atoms with E-state index in [1.165, 1.54) is 6.92 Å². The number of carbonyl (C=O) groups excluding carboxylic acids is 4. The van der Waals surface area contributed by atoms with Crippen molar-refractivity contribution in [3.63, 3.8) is 0 Å². The van der Waals surface area contributed by atoms with Crippen molar-refractivity contribution in [2.45, 2.75) is 39.0 Å². The Morgan fingerprint density at radius 2 is 1.84 bits per heavy atom. The summed E-state index contributed by atoms with van der Waals surface area (Å²) in [5.41, 5.74) is -0.112. The van der Waals surface area contributed by atoms with Gasteiger partial charge in [0.15, 0.2) is 12.4 Å². The summed E-state index contributed by atoms with van der Waals surface area (Å²) in [6.45, 7) is 0.682. The molecule has 0 aromatic carbocycles. The van der Waals surface area contributed by atoms with E-state index < -0.39 is 24.3 Å². The van der Waals surface area contributed by atoms with Gasteiger partial charge in [-0.3, -0.25) is 24.1 Å². The van der Waals surface area contributed by atoms with Gasteiger partial charge in [0.25, 0.3) is 0 Å². The highest BCUT2D eigenvalue weighted by atomic mass is 16.5. The number of nitrogens with one attached hydrogen (secondary N) is 1. The van der Waals surface area contributed by atoms with Crippen molar-refractivity contribution < 1.29 is 23.9 Å². The van der Waals surface area contributed by atoms with E-state index in [0.717, 1.165) is 17.7 Å². The number of nitrogens with zero attached hydrogens (tertiary/aromatic N) is 2. The van der Waals surface area contributed by atoms with Crippen LogP contribution in [0.5, 0.6) is 0 Å². The highest BCUT2D eigenvalue weighted by molar-refractivity contribution is 6.06. The zero-order valence-electron chi connectivity index (χ0n) is 14.1.